The van der Waals surface area contributed by atoms with Crippen LogP contribution in [0.3, 0.4) is 0 Å². The third-order valence-electron chi connectivity index (χ3n) is 26.0. The molecule has 2 aromatic heterocycles. The fourth-order valence-electron chi connectivity index (χ4n) is 20.3. The van der Waals surface area contributed by atoms with Crippen LogP contribution in [0.5, 0.6) is 0 Å². The first-order chi connectivity index (χ1) is 62.5. The van der Waals surface area contributed by atoms with E-state index in [-0.39, 0.29) is 0 Å². The maximum atomic E-state index is 6.66. The minimum Gasteiger partial charge on any atom is -0.455 e. The van der Waals surface area contributed by atoms with Gasteiger partial charge in [0.25, 0.3) is 0 Å². The lowest BCUT2D eigenvalue weighted by Gasteiger charge is -2.34. The summed E-state index contributed by atoms with van der Waals surface area (Å²) in [5.74, 6) is 0. The molecule has 126 heavy (non-hydrogen) atoms. The lowest BCUT2D eigenvalue weighted by Crippen LogP contribution is -2.28. The third-order valence-corrected chi connectivity index (χ3v) is 26.0. The largest absolute Gasteiger partial charge is 0.455 e. The Balaban J connectivity index is 0.000000145. The molecule has 0 atom stereocenters. The molecule has 0 fully saturated rings. The zero-order valence-corrected chi connectivity index (χ0v) is 69.1. The highest BCUT2D eigenvalue weighted by Crippen LogP contribution is 2.62. The van der Waals surface area contributed by atoms with Gasteiger partial charge in [0, 0.05) is 66.7 Å². The van der Waals surface area contributed by atoms with Gasteiger partial charge in [-0.2, -0.15) is 0 Å². The number of para-hydroxylation sites is 4. The van der Waals surface area contributed by atoms with Crippen molar-refractivity contribution in [1.82, 2.24) is 0 Å². The summed E-state index contributed by atoms with van der Waals surface area (Å²) in [7, 11) is 0. The number of furan rings is 2. The topological polar surface area (TPSA) is 32.8 Å². The second-order valence-electron chi connectivity index (χ2n) is 32.8. The average Bonchev–Trinajstić information content (AvgIpc) is 1.53. The molecule has 4 nitrogen and oxygen atoms in total. The fourth-order valence-corrected chi connectivity index (χ4v) is 20.3. The molecule has 2 aliphatic rings. The molecule has 0 N–H and O–H groups in total. The highest BCUT2D eigenvalue weighted by molar-refractivity contribution is 6.12. The van der Waals surface area contributed by atoms with Gasteiger partial charge < -0.3 is 18.6 Å². The van der Waals surface area contributed by atoms with E-state index in [4.69, 9.17) is 8.83 Å². The van der Waals surface area contributed by atoms with E-state index in [2.05, 4.69) is 489 Å². The van der Waals surface area contributed by atoms with Crippen molar-refractivity contribution in [2.45, 2.75) is 10.8 Å². The Labute approximate surface area is 733 Å². The van der Waals surface area contributed by atoms with Crippen molar-refractivity contribution in [3.8, 4) is 89.0 Å². The summed E-state index contributed by atoms with van der Waals surface area (Å²) < 4.78 is 13.1. The minimum absolute atomic E-state index is 0.449. The van der Waals surface area contributed by atoms with Crippen molar-refractivity contribution in [3.63, 3.8) is 0 Å². The van der Waals surface area contributed by atoms with E-state index in [0.717, 1.165) is 100 Å². The number of nitrogens with zero attached hydrogens (tertiary/aromatic N) is 2. The molecule has 0 unspecified atom stereocenters. The summed E-state index contributed by atoms with van der Waals surface area (Å²) in [6, 6.07) is 180. The first-order valence-electron chi connectivity index (χ1n) is 43.3. The normalized spacial score (nSPS) is 12.6. The van der Waals surface area contributed by atoms with Crippen LogP contribution in [0, 0.1) is 0 Å². The summed E-state index contributed by atoms with van der Waals surface area (Å²) in [4.78, 5) is 4.80. The SMILES string of the molecule is c1ccc(-c2ccc(N(c3ccc(-c4cccc5c4-c4ccccc4C5(c4ccccc4)c4ccccc4)cc3)c3ccc(-c4cccc5c4oc4ccccc45)cc3)cc2)cc1.c1ccc(-c2ccc(N(c3ccc(-c4ccccc4)cc3)c3cccc4c3-c3ccc(-c5cccc6c5oc5ccccc56)cc3C4(c3ccccc3)c3ccccc3)cc2)cc1. The quantitative estimate of drug-likeness (QED) is 0.0965. The van der Waals surface area contributed by atoms with Gasteiger partial charge >= 0.3 is 0 Å². The molecule has 0 amide bonds. The van der Waals surface area contributed by atoms with E-state index in [9.17, 15) is 0 Å². The van der Waals surface area contributed by atoms with Crippen LogP contribution in [0.15, 0.2) is 506 Å². The van der Waals surface area contributed by atoms with Crippen LogP contribution in [-0.2, 0) is 10.8 Å². The summed E-state index contributed by atoms with van der Waals surface area (Å²) in [6.07, 6.45) is 0. The fraction of sp³-hybridized carbons (Fsp3) is 0.0164. The Kier molecular flexibility index (Phi) is 18.7. The molecule has 2 heterocycles. The molecular formula is C122H82N2O2. The van der Waals surface area contributed by atoms with Gasteiger partial charge in [0.2, 0.25) is 0 Å². The molecule has 0 aliphatic heterocycles. The van der Waals surface area contributed by atoms with Crippen LogP contribution in [0.2, 0.25) is 0 Å². The Bertz CT molecular complexity index is 7580. The van der Waals surface area contributed by atoms with Gasteiger partial charge in [0.1, 0.15) is 22.3 Å². The van der Waals surface area contributed by atoms with Gasteiger partial charge in [-0.05, 0) is 202 Å². The van der Waals surface area contributed by atoms with E-state index >= 15 is 0 Å². The maximum absolute atomic E-state index is 6.66. The van der Waals surface area contributed by atoms with Crippen LogP contribution in [0.1, 0.15) is 44.5 Å². The van der Waals surface area contributed by atoms with Gasteiger partial charge in [0.15, 0.2) is 0 Å². The van der Waals surface area contributed by atoms with Crippen molar-refractivity contribution in [3.05, 3.63) is 542 Å². The molecule has 0 saturated carbocycles. The van der Waals surface area contributed by atoms with Gasteiger partial charge in [-0.1, -0.05) is 413 Å². The summed E-state index contributed by atoms with van der Waals surface area (Å²) >= 11 is 0. The lowest BCUT2D eigenvalue weighted by molar-refractivity contribution is 0.669. The number of hydrogen-bond acceptors (Lipinski definition) is 4. The highest BCUT2D eigenvalue weighted by Gasteiger charge is 2.49. The van der Waals surface area contributed by atoms with E-state index in [0.29, 0.717) is 0 Å². The molecule has 0 radical (unpaired) electrons. The maximum Gasteiger partial charge on any atom is 0.143 e. The Hall–Kier alpha value is -16.4. The molecule has 0 bridgehead atoms. The molecule has 24 rings (SSSR count). The zero-order valence-electron chi connectivity index (χ0n) is 69.1. The first kappa shape index (κ1) is 74.6. The Morgan fingerprint density at radius 3 is 0.897 bits per heavy atom. The van der Waals surface area contributed by atoms with Crippen molar-refractivity contribution in [2.75, 3.05) is 9.80 Å². The summed E-state index contributed by atoms with van der Waals surface area (Å²) in [6.45, 7) is 0. The molecule has 20 aromatic carbocycles. The van der Waals surface area contributed by atoms with Crippen molar-refractivity contribution >= 4 is 78.0 Å². The standard InChI is InChI=1S/2C61H41NO/c1-5-17-42(18-6-1)44-31-36-49(37-32-44)62(50-38-33-45(34-39-50)43-19-7-2-8-20-43)57-29-16-28-55-59(57)54-40-35-46(51-26-15-27-53-52-25-13-14-30-58(52)63-60(51)53)41-56(54)61(55,47-21-9-3-10-22-47)48-23-11-4-12-24-48;1-4-16-42(17-5-1)43-30-36-48(37-31-43)62(50-40-34-45(35-41-50)52-25-14-26-54-53-22-11-13-29-58(53)63-60(52)54)49-38-32-44(33-39-49)51-24-15-28-57-59(51)55-23-10-12-27-56(55)61(57,46-18-6-2-7-19-46)47-20-8-3-9-21-47/h2*1-41H. The number of anilines is 6. The number of hydrogen-bond donors (Lipinski definition) is 0. The summed E-state index contributed by atoms with van der Waals surface area (Å²) in [5.41, 5.74) is 38.1. The van der Waals surface area contributed by atoms with Gasteiger partial charge in [-0.3, -0.25) is 0 Å². The van der Waals surface area contributed by atoms with Crippen LogP contribution < -0.4 is 9.80 Å². The molecule has 0 saturated heterocycles. The first-order valence-corrected chi connectivity index (χ1v) is 43.3. The molecule has 0 spiro atoms. The van der Waals surface area contributed by atoms with Crippen LogP contribution >= 0.6 is 0 Å². The van der Waals surface area contributed by atoms with Gasteiger partial charge in [-0.25, -0.2) is 0 Å². The number of fused-ring (bicyclic) bond motifs is 12. The van der Waals surface area contributed by atoms with Crippen molar-refractivity contribution < 1.29 is 8.83 Å². The van der Waals surface area contributed by atoms with Crippen LogP contribution in [0.25, 0.3) is 133 Å². The Morgan fingerprint density at radius 1 is 0.167 bits per heavy atom. The van der Waals surface area contributed by atoms with Crippen LogP contribution in [0.4, 0.5) is 34.1 Å². The highest BCUT2D eigenvalue weighted by atomic mass is 16.3. The van der Waals surface area contributed by atoms with Crippen LogP contribution in [-0.4, -0.2) is 0 Å². The van der Waals surface area contributed by atoms with E-state index in [1.807, 2.05) is 18.2 Å². The van der Waals surface area contributed by atoms with Crippen molar-refractivity contribution in [2.24, 2.45) is 0 Å². The molecule has 592 valence electrons. The van der Waals surface area contributed by atoms with Gasteiger partial charge in [0.05, 0.1) is 16.5 Å². The number of benzene rings is 20. The smallest absolute Gasteiger partial charge is 0.143 e. The molecular weight excluding hydrogens is 1530 g/mol. The predicted molar refractivity (Wildman–Crippen MR) is 524 cm³/mol. The average molecular weight is 1610 g/mol. The van der Waals surface area contributed by atoms with Gasteiger partial charge in [-0.15, -0.1) is 0 Å². The second-order valence-corrected chi connectivity index (χ2v) is 32.8. The minimum atomic E-state index is -0.624. The molecule has 22 aromatic rings. The lowest BCUT2D eigenvalue weighted by atomic mass is 9.67. The zero-order chi connectivity index (χ0) is 83.5. The predicted octanol–water partition coefficient (Wildman–Crippen LogP) is 32.8. The summed E-state index contributed by atoms with van der Waals surface area (Å²) in [5, 5.41) is 4.52. The molecule has 2 aliphatic carbocycles. The number of rotatable bonds is 16. The van der Waals surface area contributed by atoms with E-state index < -0.39 is 10.8 Å². The van der Waals surface area contributed by atoms with E-state index in [1.54, 1.807) is 0 Å². The van der Waals surface area contributed by atoms with Crippen molar-refractivity contribution in [1.29, 1.82) is 0 Å². The monoisotopic (exact) mass is 1610 g/mol. The molecule has 4 heteroatoms. The third kappa shape index (κ3) is 12.6. The second kappa shape index (κ2) is 31.6. The Morgan fingerprint density at radius 2 is 0.452 bits per heavy atom. The van der Waals surface area contributed by atoms with E-state index in [1.165, 1.54) is 111 Å².